The van der Waals surface area contributed by atoms with E-state index in [0.717, 1.165) is 11.3 Å². The van der Waals surface area contributed by atoms with Crippen LogP contribution in [-0.4, -0.2) is 24.1 Å². The monoisotopic (exact) mass is 255 g/mol. The number of aromatic nitrogens is 1. The molecule has 100 valence electrons. The van der Waals surface area contributed by atoms with Gasteiger partial charge >= 0.3 is 0 Å². The summed E-state index contributed by atoms with van der Waals surface area (Å²) in [4.78, 5) is 4.68. The zero-order valence-corrected chi connectivity index (χ0v) is 11.4. The number of rotatable bonds is 3. The lowest BCUT2D eigenvalue weighted by atomic mass is 9.91. The summed E-state index contributed by atoms with van der Waals surface area (Å²) in [7, 11) is 2.06. The van der Waals surface area contributed by atoms with Crippen LogP contribution in [0.4, 0.5) is 5.82 Å². The summed E-state index contributed by atoms with van der Waals surface area (Å²) in [5.41, 5.74) is 1.07. The molecule has 0 spiro atoms. The maximum absolute atomic E-state index is 4.68. The number of anilines is 1. The smallest absolute Gasteiger partial charge is 0.126 e. The molecule has 3 nitrogen and oxygen atoms in total. The zero-order valence-electron chi connectivity index (χ0n) is 11.4. The van der Waals surface area contributed by atoms with E-state index in [1.807, 2.05) is 6.07 Å². The summed E-state index contributed by atoms with van der Waals surface area (Å²) in [6.07, 6.45) is 4.95. The number of nitrogens with zero attached hydrogens (tertiary/aromatic N) is 1. The second kappa shape index (κ2) is 5.57. The minimum absolute atomic E-state index is 0.568. The van der Waals surface area contributed by atoms with Gasteiger partial charge in [-0.25, -0.2) is 4.98 Å². The minimum Gasteiger partial charge on any atom is -0.367 e. The third kappa shape index (κ3) is 2.87. The van der Waals surface area contributed by atoms with Crippen LogP contribution >= 0.6 is 0 Å². The van der Waals surface area contributed by atoms with Crippen LogP contribution in [-0.2, 0) is 0 Å². The van der Waals surface area contributed by atoms with Gasteiger partial charge in [-0.1, -0.05) is 18.2 Å². The maximum atomic E-state index is 4.68. The Morgan fingerprint density at radius 1 is 0.947 bits per heavy atom. The summed E-state index contributed by atoms with van der Waals surface area (Å²) >= 11 is 0. The fraction of sp³-hybridized carbons (Fsp3) is 0.438. The van der Waals surface area contributed by atoms with E-state index in [2.05, 4.69) is 53.0 Å². The first-order valence-electron chi connectivity index (χ1n) is 7.15. The van der Waals surface area contributed by atoms with Crippen LogP contribution in [0, 0.1) is 0 Å². The van der Waals surface area contributed by atoms with E-state index < -0.39 is 0 Å². The Kier molecular flexibility index (Phi) is 3.65. The van der Waals surface area contributed by atoms with Crippen molar-refractivity contribution in [2.75, 3.05) is 12.4 Å². The largest absolute Gasteiger partial charge is 0.367 e. The van der Waals surface area contributed by atoms with Crippen molar-refractivity contribution in [3.8, 4) is 0 Å². The molecule has 0 amide bonds. The van der Waals surface area contributed by atoms with Crippen LogP contribution in [0.3, 0.4) is 0 Å². The first kappa shape index (κ1) is 12.4. The minimum atomic E-state index is 0.568. The molecule has 0 atom stereocenters. The van der Waals surface area contributed by atoms with Crippen molar-refractivity contribution >= 4 is 16.7 Å². The number of pyridine rings is 1. The lowest BCUT2D eigenvalue weighted by Gasteiger charge is -2.29. The van der Waals surface area contributed by atoms with Gasteiger partial charge in [-0.2, -0.15) is 0 Å². The van der Waals surface area contributed by atoms with Gasteiger partial charge in [-0.05, 0) is 50.9 Å². The van der Waals surface area contributed by atoms with Crippen molar-refractivity contribution in [2.24, 2.45) is 0 Å². The van der Waals surface area contributed by atoms with Gasteiger partial charge in [0.15, 0.2) is 0 Å². The van der Waals surface area contributed by atoms with Crippen LogP contribution in [0.1, 0.15) is 25.7 Å². The van der Waals surface area contributed by atoms with Gasteiger partial charge in [-0.3, -0.25) is 0 Å². The number of para-hydroxylation sites is 1. The van der Waals surface area contributed by atoms with E-state index in [-0.39, 0.29) is 0 Å². The Bertz CT molecular complexity index is 544. The summed E-state index contributed by atoms with van der Waals surface area (Å²) < 4.78 is 0. The maximum Gasteiger partial charge on any atom is 0.126 e. The SMILES string of the molecule is CNC1CCC(Nc2ccc3ccccc3n2)CC1. The summed E-state index contributed by atoms with van der Waals surface area (Å²) in [6, 6.07) is 13.8. The molecule has 1 fully saturated rings. The quantitative estimate of drug-likeness (QED) is 0.884. The normalized spacial score (nSPS) is 23.4. The molecular weight excluding hydrogens is 234 g/mol. The highest BCUT2D eigenvalue weighted by molar-refractivity contribution is 5.80. The fourth-order valence-electron chi connectivity index (χ4n) is 2.88. The predicted octanol–water partition coefficient (Wildman–Crippen LogP) is 3.18. The molecule has 0 unspecified atom stereocenters. The number of benzene rings is 1. The van der Waals surface area contributed by atoms with Crippen molar-refractivity contribution in [1.29, 1.82) is 0 Å². The van der Waals surface area contributed by atoms with E-state index >= 15 is 0 Å². The van der Waals surface area contributed by atoms with Gasteiger partial charge in [0.25, 0.3) is 0 Å². The molecule has 1 aliphatic rings. The van der Waals surface area contributed by atoms with Crippen molar-refractivity contribution in [3.05, 3.63) is 36.4 Å². The second-order valence-electron chi connectivity index (χ2n) is 5.37. The van der Waals surface area contributed by atoms with Gasteiger partial charge in [0.05, 0.1) is 5.52 Å². The van der Waals surface area contributed by atoms with Gasteiger partial charge in [0, 0.05) is 17.5 Å². The highest BCUT2D eigenvalue weighted by Gasteiger charge is 2.19. The summed E-state index contributed by atoms with van der Waals surface area (Å²) in [5, 5.41) is 8.15. The number of nitrogens with one attached hydrogen (secondary N) is 2. The van der Waals surface area contributed by atoms with Crippen LogP contribution < -0.4 is 10.6 Å². The molecule has 1 saturated carbocycles. The average Bonchev–Trinajstić information content (AvgIpc) is 2.48. The highest BCUT2D eigenvalue weighted by Crippen LogP contribution is 2.22. The fourth-order valence-corrected chi connectivity index (χ4v) is 2.88. The van der Waals surface area contributed by atoms with Crippen molar-refractivity contribution in [2.45, 2.75) is 37.8 Å². The Hall–Kier alpha value is -1.61. The van der Waals surface area contributed by atoms with E-state index in [9.17, 15) is 0 Å². The first-order valence-corrected chi connectivity index (χ1v) is 7.15. The van der Waals surface area contributed by atoms with E-state index in [1.54, 1.807) is 0 Å². The van der Waals surface area contributed by atoms with Crippen molar-refractivity contribution < 1.29 is 0 Å². The summed E-state index contributed by atoms with van der Waals surface area (Å²) in [5.74, 6) is 1.01. The van der Waals surface area contributed by atoms with E-state index in [4.69, 9.17) is 0 Å². The molecular formula is C16H21N3. The molecule has 19 heavy (non-hydrogen) atoms. The predicted molar refractivity (Wildman–Crippen MR) is 80.5 cm³/mol. The molecule has 3 heteroatoms. The Morgan fingerprint density at radius 3 is 2.47 bits per heavy atom. The molecule has 1 heterocycles. The second-order valence-corrected chi connectivity index (χ2v) is 5.37. The van der Waals surface area contributed by atoms with Crippen LogP contribution in [0.25, 0.3) is 10.9 Å². The first-order chi connectivity index (χ1) is 9.35. The zero-order chi connectivity index (χ0) is 13.1. The van der Waals surface area contributed by atoms with Crippen LogP contribution in [0.15, 0.2) is 36.4 Å². The molecule has 0 saturated heterocycles. The Balaban J connectivity index is 1.68. The molecule has 0 aliphatic heterocycles. The van der Waals surface area contributed by atoms with Crippen LogP contribution in [0.5, 0.6) is 0 Å². The molecule has 2 aromatic rings. The standard InChI is InChI=1S/C16H21N3/c1-17-13-7-9-14(10-8-13)18-16-11-6-12-4-2-3-5-15(12)19-16/h2-6,11,13-14,17H,7-10H2,1H3,(H,18,19). The molecule has 2 N–H and O–H groups in total. The van der Waals surface area contributed by atoms with Crippen LogP contribution in [0.2, 0.25) is 0 Å². The average molecular weight is 255 g/mol. The third-order valence-electron chi connectivity index (χ3n) is 4.09. The Morgan fingerprint density at radius 2 is 1.68 bits per heavy atom. The number of hydrogen-bond donors (Lipinski definition) is 2. The lowest BCUT2D eigenvalue weighted by molar-refractivity contribution is 0.371. The molecule has 0 radical (unpaired) electrons. The molecule has 3 rings (SSSR count). The van der Waals surface area contributed by atoms with Gasteiger partial charge < -0.3 is 10.6 Å². The number of fused-ring (bicyclic) bond motifs is 1. The topological polar surface area (TPSA) is 37.0 Å². The van der Waals surface area contributed by atoms with E-state index in [0.29, 0.717) is 12.1 Å². The van der Waals surface area contributed by atoms with Crippen molar-refractivity contribution in [3.63, 3.8) is 0 Å². The molecule has 1 aromatic carbocycles. The number of hydrogen-bond acceptors (Lipinski definition) is 3. The van der Waals surface area contributed by atoms with E-state index in [1.165, 1.54) is 31.1 Å². The summed E-state index contributed by atoms with van der Waals surface area (Å²) in [6.45, 7) is 0. The van der Waals surface area contributed by atoms with Gasteiger partial charge in [-0.15, -0.1) is 0 Å². The van der Waals surface area contributed by atoms with Gasteiger partial charge in [0.1, 0.15) is 5.82 Å². The molecule has 0 bridgehead atoms. The Labute approximate surface area is 114 Å². The third-order valence-corrected chi connectivity index (χ3v) is 4.09. The van der Waals surface area contributed by atoms with Crippen molar-refractivity contribution in [1.82, 2.24) is 10.3 Å². The molecule has 1 aliphatic carbocycles. The molecule has 1 aromatic heterocycles. The van der Waals surface area contributed by atoms with Gasteiger partial charge in [0.2, 0.25) is 0 Å². The lowest BCUT2D eigenvalue weighted by Crippen LogP contribution is -2.35. The highest BCUT2D eigenvalue weighted by atomic mass is 15.0.